The van der Waals surface area contributed by atoms with Gasteiger partial charge in [-0.2, -0.15) is 0 Å². The predicted molar refractivity (Wildman–Crippen MR) is 66.6 cm³/mol. The molecule has 2 N–H and O–H groups in total. The molecule has 0 atom stereocenters. The van der Waals surface area contributed by atoms with Crippen molar-refractivity contribution in [2.24, 2.45) is 0 Å². The van der Waals surface area contributed by atoms with Gasteiger partial charge in [0.25, 0.3) is 0 Å². The molecule has 0 aliphatic rings. The second-order valence-electron chi connectivity index (χ2n) is 2.82. The molecule has 0 bridgehead atoms. The van der Waals surface area contributed by atoms with Gasteiger partial charge in [-0.05, 0) is 24.5 Å². The highest BCUT2D eigenvalue weighted by Gasteiger charge is 2.08. The van der Waals surface area contributed by atoms with E-state index in [1.54, 1.807) is 17.8 Å². The molecule has 0 aliphatic heterocycles. The molecular weight excluding hydrogens is 265 g/mol. The lowest BCUT2D eigenvalue weighted by Crippen LogP contribution is -1.89. The minimum Gasteiger partial charge on any atom is -0.398 e. The first-order valence-electron chi connectivity index (χ1n) is 4.29. The van der Waals surface area contributed by atoms with Crippen molar-refractivity contribution in [2.75, 3.05) is 12.0 Å². The Morgan fingerprint density at radius 3 is 2.69 bits per heavy atom. The average Bonchev–Trinajstić information content (AvgIpc) is 2.70. The quantitative estimate of drug-likeness (QED) is 0.688. The van der Waals surface area contributed by atoms with Gasteiger partial charge in [0, 0.05) is 10.6 Å². The summed E-state index contributed by atoms with van der Waals surface area (Å²) in [6, 6.07) is 4.34. The molecule has 0 saturated carbocycles. The lowest BCUT2D eigenvalue weighted by molar-refractivity contribution is 0.627. The Balaban J connectivity index is 2.20. The van der Waals surface area contributed by atoms with Crippen LogP contribution in [0.2, 0.25) is 0 Å². The van der Waals surface area contributed by atoms with Crippen molar-refractivity contribution in [3.8, 4) is 0 Å². The summed E-state index contributed by atoms with van der Waals surface area (Å²) in [5.41, 5.74) is 6.12. The monoisotopic (exact) mass is 273 g/mol. The van der Waals surface area contributed by atoms with Crippen LogP contribution in [0.1, 0.15) is 0 Å². The zero-order valence-electron chi connectivity index (χ0n) is 8.31. The summed E-state index contributed by atoms with van der Waals surface area (Å²) in [5, 5.41) is 7.98. The Hall–Kier alpha value is -0.790. The van der Waals surface area contributed by atoms with Crippen molar-refractivity contribution in [1.82, 2.24) is 10.2 Å². The molecule has 16 heavy (non-hydrogen) atoms. The number of thioether (sulfide) groups is 1. The van der Waals surface area contributed by atoms with Gasteiger partial charge in [0.1, 0.15) is 5.82 Å². The summed E-state index contributed by atoms with van der Waals surface area (Å²) in [4.78, 5) is 0.796. The molecule has 0 amide bonds. The van der Waals surface area contributed by atoms with Crippen LogP contribution >= 0.6 is 34.9 Å². The summed E-state index contributed by atoms with van der Waals surface area (Å²) in [6.45, 7) is 0. The smallest absolute Gasteiger partial charge is 0.179 e. The number of aromatic nitrogens is 2. The first-order chi connectivity index (χ1) is 7.69. The van der Waals surface area contributed by atoms with Crippen molar-refractivity contribution >= 4 is 40.5 Å². The lowest BCUT2D eigenvalue weighted by Gasteiger charge is -2.01. The van der Waals surface area contributed by atoms with Crippen molar-refractivity contribution in [3.05, 3.63) is 24.0 Å². The normalized spacial score (nSPS) is 10.6. The molecule has 7 heteroatoms. The van der Waals surface area contributed by atoms with Gasteiger partial charge in [0.2, 0.25) is 0 Å². The van der Waals surface area contributed by atoms with Crippen LogP contribution in [0.15, 0.2) is 31.8 Å². The fourth-order valence-electron chi connectivity index (χ4n) is 1.03. The first kappa shape index (κ1) is 11.7. The number of hydrogen-bond acceptors (Lipinski definition) is 6. The Morgan fingerprint density at radius 1 is 1.31 bits per heavy atom. The molecule has 1 aromatic heterocycles. The molecule has 2 rings (SSSR count). The molecule has 0 saturated heterocycles. The molecule has 0 fully saturated rings. The summed E-state index contributed by atoms with van der Waals surface area (Å²) < 4.78 is 14.5. The van der Waals surface area contributed by atoms with Crippen molar-refractivity contribution < 1.29 is 4.39 Å². The molecular formula is C9H8FN3S3. The van der Waals surface area contributed by atoms with Crippen molar-refractivity contribution in [2.45, 2.75) is 13.6 Å². The SMILES string of the molecule is CSc1nnc(Sc2ccc(F)cc2N)s1. The zero-order chi connectivity index (χ0) is 11.5. The third-order valence-electron chi connectivity index (χ3n) is 1.73. The molecule has 0 unspecified atom stereocenters. The van der Waals surface area contributed by atoms with Crippen LogP contribution in [0.25, 0.3) is 0 Å². The minimum atomic E-state index is -0.330. The standard InChI is InChI=1S/C9H8FN3S3/c1-14-8-12-13-9(16-8)15-7-3-2-5(10)4-6(7)11/h2-4H,11H2,1H3. The van der Waals surface area contributed by atoms with Crippen molar-refractivity contribution in [1.29, 1.82) is 0 Å². The largest absolute Gasteiger partial charge is 0.398 e. The predicted octanol–water partition coefficient (Wildman–Crippen LogP) is 3.13. The van der Waals surface area contributed by atoms with E-state index in [-0.39, 0.29) is 5.82 Å². The molecule has 84 valence electrons. The van der Waals surface area contributed by atoms with E-state index < -0.39 is 0 Å². The number of halogens is 1. The molecule has 3 nitrogen and oxygen atoms in total. The molecule has 2 aromatic rings. The highest BCUT2D eigenvalue weighted by Crippen LogP contribution is 2.35. The third kappa shape index (κ3) is 2.66. The van der Waals surface area contributed by atoms with E-state index >= 15 is 0 Å². The number of nitrogens with zero attached hydrogens (tertiary/aromatic N) is 2. The average molecular weight is 273 g/mol. The zero-order valence-corrected chi connectivity index (χ0v) is 10.8. The fourth-order valence-corrected chi connectivity index (χ4v) is 3.45. The van der Waals surface area contributed by atoms with Crippen LogP contribution < -0.4 is 5.73 Å². The third-order valence-corrected chi connectivity index (χ3v) is 4.77. The summed E-state index contributed by atoms with van der Waals surface area (Å²) in [6.07, 6.45) is 1.95. The van der Waals surface area contributed by atoms with Crippen LogP contribution in [0.3, 0.4) is 0 Å². The molecule has 1 aromatic carbocycles. The van der Waals surface area contributed by atoms with Gasteiger partial charge < -0.3 is 5.73 Å². The number of nitrogen functional groups attached to an aromatic ring is 1. The van der Waals surface area contributed by atoms with Gasteiger partial charge >= 0.3 is 0 Å². The first-order valence-corrected chi connectivity index (χ1v) is 7.15. The topological polar surface area (TPSA) is 51.8 Å². The minimum absolute atomic E-state index is 0.330. The maximum absolute atomic E-state index is 12.8. The maximum Gasteiger partial charge on any atom is 0.179 e. The number of anilines is 1. The lowest BCUT2D eigenvalue weighted by atomic mass is 10.3. The van der Waals surface area contributed by atoms with E-state index in [1.165, 1.54) is 35.2 Å². The maximum atomic E-state index is 12.8. The second kappa shape index (κ2) is 5.03. The van der Waals surface area contributed by atoms with E-state index in [2.05, 4.69) is 10.2 Å². The van der Waals surface area contributed by atoms with Gasteiger partial charge in [0.05, 0.1) is 0 Å². The number of hydrogen-bond donors (Lipinski definition) is 1. The molecule has 0 radical (unpaired) electrons. The van der Waals surface area contributed by atoms with Gasteiger partial charge in [-0.1, -0.05) is 34.9 Å². The van der Waals surface area contributed by atoms with Gasteiger partial charge in [-0.25, -0.2) is 4.39 Å². The highest BCUT2D eigenvalue weighted by molar-refractivity contribution is 8.03. The summed E-state index contributed by atoms with van der Waals surface area (Å²) >= 11 is 4.44. The molecule has 0 aliphatic carbocycles. The Labute approximate surface area is 105 Å². The van der Waals surface area contributed by atoms with Crippen molar-refractivity contribution in [3.63, 3.8) is 0 Å². The van der Waals surface area contributed by atoms with E-state index in [0.717, 1.165) is 13.6 Å². The summed E-state index contributed by atoms with van der Waals surface area (Å²) in [5.74, 6) is -0.330. The Kier molecular flexibility index (Phi) is 3.67. The van der Waals surface area contributed by atoms with Crippen LogP contribution in [0, 0.1) is 5.82 Å². The second-order valence-corrected chi connectivity index (χ2v) is 6.14. The van der Waals surface area contributed by atoms with Crippen LogP contribution in [0.4, 0.5) is 10.1 Å². The van der Waals surface area contributed by atoms with E-state index in [1.807, 2.05) is 6.26 Å². The number of benzene rings is 1. The van der Waals surface area contributed by atoms with E-state index in [9.17, 15) is 4.39 Å². The van der Waals surface area contributed by atoms with E-state index in [0.29, 0.717) is 5.69 Å². The molecule has 1 heterocycles. The van der Waals surface area contributed by atoms with E-state index in [4.69, 9.17) is 5.73 Å². The van der Waals surface area contributed by atoms with Crippen LogP contribution in [-0.4, -0.2) is 16.5 Å². The van der Waals surface area contributed by atoms with Crippen LogP contribution in [-0.2, 0) is 0 Å². The van der Waals surface area contributed by atoms with Crippen LogP contribution in [0.5, 0.6) is 0 Å². The Morgan fingerprint density at radius 2 is 2.06 bits per heavy atom. The van der Waals surface area contributed by atoms with Gasteiger partial charge in [-0.15, -0.1) is 10.2 Å². The highest BCUT2D eigenvalue weighted by atomic mass is 32.2. The van der Waals surface area contributed by atoms with Gasteiger partial charge in [0.15, 0.2) is 8.68 Å². The number of rotatable bonds is 3. The van der Waals surface area contributed by atoms with Gasteiger partial charge in [-0.3, -0.25) is 0 Å². The Bertz CT molecular complexity index is 500. The summed E-state index contributed by atoms with van der Waals surface area (Å²) in [7, 11) is 0. The molecule has 0 spiro atoms. The number of nitrogens with two attached hydrogens (primary N) is 1. The fraction of sp³-hybridized carbons (Fsp3) is 0.111.